The highest BCUT2D eigenvalue weighted by molar-refractivity contribution is 7.98. The molecule has 0 aromatic heterocycles. The van der Waals surface area contributed by atoms with Crippen LogP contribution < -0.4 is 10.5 Å². The second-order valence-corrected chi connectivity index (χ2v) is 6.46. The summed E-state index contributed by atoms with van der Waals surface area (Å²) in [4.78, 5) is 24.1. The van der Waals surface area contributed by atoms with E-state index in [4.69, 9.17) is 10.5 Å². The third-order valence-corrected chi connectivity index (χ3v) is 4.66. The van der Waals surface area contributed by atoms with E-state index in [-0.39, 0.29) is 22.9 Å². The molecule has 3 aromatic rings. The molecule has 0 saturated carbocycles. The minimum absolute atomic E-state index is 0.0605. The molecule has 0 bridgehead atoms. The Morgan fingerprint density at radius 1 is 1.04 bits per heavy atom. The highest BCUT2D eigenvalue weighted by Gasteiger charge is 2.20. The molecule has 0 unspecified atom stereocenters. The van der Waals surface area contributed by atoms with Crippen molar-refractivity contribution in [2.24, 2.45) is 0 Å². The Bertz CT molecular complexity index is 1010. The molecule has 0 radical (unpaired) electrons. The number of ketones is 1. The number of nitro groups is 1. The highest BCUT2D eigenvalue weighted by Crippen LogP contribution is 2.39. The van der Waals surface area contributed by atoms with Crippen LogP contribution in [0.1, 0.15) is 15.9 Å². The molecule has 27 heavy (non-hydrogen) atoms. The number of carbonyl (C=O) groups excluding carboxylic acids is 1. The van der Waals surface area contributed by atoms with Gasteiger partial charge in [-0.1, -0.05) is 42.5 Å². The van der Waals surface area contributed by atoms with Crippen LogP contribution in [-0.4, -0.2) is 17.0 Å². The Hall–Kier alpha value is -3.32. The molecule has 0 aliphatic heterocycles. The predicted octanol–water partition coefficient (Wildman–Crippen LogP) is 4.92. The maximum absolute atomic E-state index is 12.8. The first-order valence-electron chi connectivity index (χ1n) is 7.99. The van der Waals surface area contributed by atoms with Gasteiger partial charge < -0.3 is 10.5 Å². The molecule has 0 amide bonds. The second-order valence-electron chi connectivity index (χ2n) is 5.61. The molecule has 0 spiro atoms. The fourth-order valence-electron chi connectivity index (χ4n) is 2.57. The number of hydrogen-bond acceptors (Lipinski definition) is 6. The van der Waals surface area contributed by atoms with E-state index in [1.54, 1.807) is 48.5 Å². The third-order valence-electron chi connectivity index (χ3n) is 3.90. The fraction of sp³-hybridized carbons (Fsp3) is 0.0500. The van der Waals surface area contributed by atoms with Crippen LogP contribution in [0.15, 0.2) is 71.6 Å². The topological polar surface area (TPSA) is 95.5 Å². The number of nitrogens with two attached hydrogens (primary N) is 1. The van der Waals surface area contributed by atoms with Crippen LogP contribution in [0.25, 0.3) is 0 Å². The van der Waals surface area contributed by atoms with E-state index < -0.39 is 4.92 Å². The molecule has 3 aromatic carbocycles. The van der Waals surface area contributed by atoms with Crippen molar-refractivity contribution in [2.45, 2.75) is 4.90 Å². The number of para-hydroxylation sites is 1. The van der Waals surface area contributed by atoms with Gasteiger partial charge in [-0.25, -0.2) is 0 Å². The molecule has 2 N–H and O–H groups in total. The first kappa shape index (κ1) is 18.5. The lowest BCUT2D eigenvalue weighted by molar-refractivity contribution is -0.384. The van der Waals surface area contributed by atoms with Crippen LogP contribution >= 0.6 is 11.8 Å². The van der Waals surface area contributed by atoms with Gasteiger partial charge in [0.05, 0.1) is 21.4 Å². The van der Waals surface area contributed by atoms with Crippen molar-refractivity contribution in [3.63, 3.8) is 0 Å². The molecule has 7 heteroatoms. The average molecular weight is 380 g/mol. The first-order valence-corrected chi connectivity index (χ1v) is 9.22. The van der Waals surface area contributed by atoms with Gasteiger partial charge in [0.2, 0.25) is 0 Å². The maximum atomic E-state index is 12.8. The van der Waals surface area contributed by atoms with Crippen LogP contribution in [-0.2, 0) is 0 Å². The monoisotopic (exact) mass is 380 g/mol. The number of carbonyl (C=O) groups is 1. The van der Waals surface area contributed by atoms with E-state index in [2.05, 4.69) is 0 Å². The van der Waals surface area contributed by atoms with Gasteiger partial charge >= 0.3 is 0 Å². The molecule has 3 rings (SSSR count). The number of hydrogen-bond donors (Lipinski definition) is 1. The molecule has 0 heterocycles. The molecule has 6 nitrogen and oxygen atoms in total. The lowest BCUT2D eigenvalue weighted by atomic mass is 10.0. The van der Waals surface area contributed by atoms with E-state index in [9.17, 15) is 14.9 Å². The van der Waals surface area contributed by atoms with Crippen molar-refractivity contribution in [1.29, 1.82) is 0 Å². The zero-order valence-electron chi connectivity index (χ0n) is 14.4. The normalized spacial score (nSPS) is 10.4. The van der Waals surface area contributed by atoms with Crippen molar-refractivity contribution < 1.29 is 14.5 Å². The summed E-state index contributed by atoms with van der Waals surface area (Å²) in [5.74, 6) is 0.402. The number of nitro benzene ring substituents is 1. The molecule has 0 saturated heterocycles. The van der Waals surface area contributed by atoms with E-state index in [1.165, 1.54) is 23.9 Å². The Morgan fingerprint density at radius 2 is 1.70 bits per heavy atom. The van der Waals surface area contributed by atoms with E-state index in [0.29, 0.717) is 21.8 Å². The van der Waals surface area contributed by atoms with Gasteiger partial charge in [-0.05, 0) is 24.5 Å². The van der Waals surface area contributed by atoms with Gasteiger partial charge in [0.1, 0.15) is 17.2 Å². The zero-order valence-corrected chi connectivity index (χ0v) is 15.2. The van der Waals surface area contributed by atoms with Crippen molar-refractivity contribution >= 4 is 28.9 Å². The Balaban J connectivity index is 2.04. The molecule has 0 aliphatic carbocycles. The number of nitrogens with zero attached hydrogens (tertiary/aromatic N) is 1. The van der Waals surface area contributed by atoms with Gasteiger partial charge in [-0.15, -0.1) is 11.8 Å². The number of thioether (sulfide) groups is 1. The summed E-state index contributed by atoms with van der Waals surface area (Å²) >= 11 is 1.35. The summed E-state index contributed by atoms with van der Waals surface area (Å²) < 4.78 is 5.92. The van der Waals surface area contributed by atoms with E-state index in [1.807, 2.05) is 12.3 Å². The fourth-order valence-corrected chi connectivity index (χ4v) is 3.12. The lowest BCUT2D eigenvalue weighted by Gasteiger charge is -2.13. The predicted molar refractivity (Wildman–Crippen MR) is 106 cm³/mol. The van der Waals surface area contributed by atoms with E-state index >= 15 is 0 Å². The molecular formula is C20H16N2O4S. The Labute approximate surface area is 160 Å². The minimum atomic E-state index is -0.562. The summed E-state index contributed by atoms with van der Waals surface area (Å²) in [6.07, 6.45) is 1.81. The quantitative estimate of drug-likeness (QED) is 0.214. The van der Waals surface area contributed by atoms with Crippen molar-refractivity contribution in [3.05, 3.63) is 88.0 Å². The van der Waals surface area contributed by atoms with Crippen LogP contribution in [0, 0.1) is 10.1 Å². The maximum Gasteiger partial charge on any atom is 0.295 e. The highest BCUT2D eigenvalue weighted by atomic mass is 32.2. The van der Waals surface area contributed by atoms with E-state index in [0.717, 1.165) is 0 Å². The Morgan fingerprint density at radius 3 is 2.37 bits per heavy atom. The van der Waals surface area contributed by atoms with Gasteiger partial charge in [-0.2, -0.15) is 0 Å². The summed E-state index contributed by atoms with van der Waals surface area (Å²) in [5.41, 5.74) is 6.47. The van der Waals surface area contributed by atoms with Crippen molar-refractivity contribution in [3.8, 4) is 11.5 Å². The van der Waals surface area contributed by atoms with Crippen LogP contribution in [0.5, 0.6) is 11.5 Å². The van der Waals surface area contributed by atoms with Gasteiger partial charge in [-0.3, -0.25) is 14.9 Å². The molecule has 136 valence electrons. The SMILES string of the molecule is CSc1cc(N)c([N+](=O)[O-])cc1Oc1ccccc1C(=O)c1ccccc1. The summed E-state index contributed by atoms with van der Waals surface area (Å²) in [6.45, 7) is 0. The third kappa shape index (κ3) is 3.93. The standard InChI is InChI=1S/C20H16N2O4S/c1-27-19-11-15(21)16(22(24)25)12-18(19)26-17-10-6-5-9-14(17)20(23)13-7-3-2-4-8-13/h2-12H,21H2,1H3. The number of rotatable bonds is 6. The largest absolute Gasteiger partial charge is 0.455 e. The van der Waals surface area contributed by atoms with Crippen LogP contribution in [0.4, 0.5) is 11.4 Å². The molecular weight excluding hydrogens is 364 g/mol. The summed E-state index contributed by atoms with van der Waals surface area (Å²) in [7, 11) is 0. The Kier molecular flexibility index (Phi) is 5.42. The minimum Gasteiger partial charge on any atom is -0.455 e. The first-order chi connectivity index (χ1) is 13.0. The molecule has 0 aliphatic rings. The number of ether oxygens (including phenoxy) is 1. The summed E-state index contributed by atoms with van der Waals surface area (Å²) in [5, 5.41) is 11.2. The van der Waals surface area contributed by atoms with Gasteiger partial charge in [0, 0.05) is 5.56 Å². The zero-order chi connectivity index (χ0) is 19.4. The van der Waals surface area contributed by atoms with Gasteiger partial charge in [0.15, 0.2) is 5.78 Å². The molecule has 0 atom stereocenters. The average Bonchev–Trinajstić information content (AvgIpc) is 2.69. The van der Waals surface area contributed by atoms with Gasteiger partial charge in [0.25, 0.3) is 5.69 Å². The number of anilines is 1. The lowest BCUT2D eigenvalue weighted by Crippen LogP contribution is -2.04. The summed E-state index contributed by atoms with van der Waals surface area (Å²) in [6, 6.07) is 18.4. The second kappa shape index (κ2) is 7.92. The number of nitrogen functional groups attached to an aromatic ring is 1. The van der Waals surface area contributed by atoms with Crippen molar-refractivity contribution in [2.75, 3.05) is 12.0 Å². The van der Waals surface area contributed by atoms with Crippen LogP contribution in [0.3, 0.4) is 0 Å². The number of benzene rings is 3. The smallest absolute Gasteiger partial charge is 0.295 e. The van der Waals surface area contributed by atoms with Crippen molar-refractivity contribution in [1.82, 2.24) is 0 Å². The molecule has 0 fully saturated rings. The van der Waals surface area contributed by atoms with Crippen LogP contribution in [0.2, 0.25) is 0 Å².